The van der Waals surface area contributed by atoms with Crippen LogP contribution < -0.4 is 15.0 Å². The second kappa shape index (κ2) is 9.28. The van der Waals surface area contributed by atoms with Crippen molar-refractivity contribution in [2.45, 2.75) is 52.7 Å². The van der Waals surface area contributed by atoms with E-state index in [-0.39, 0.29) is 18.1 Å². The summed E-state index contributed by atoms with van der Waals surface area (Å²) in [5, 5.41) is 2.84. The summed E-state index contributed by atoms with van der Waals surface area (Å²) in [5.74, 6) is 1.26. The first kappa shape index (κ1) is 20.5. The summed E-state index contributed by atoms with van der Waals surface area (Å²) in [7, 11) is 0. The Labute approximate surface area is 166 Å². The number of carbonyl (C=O) groups excluding carboxylic acids is 1. The maximum atomic E-state index is 11.1. The Balaban J connectivity index is 1.52. The Morgan fingerprint density at radius 2 is 2.04 bits per heavy atom. The molecule has 7 nitrogen and oxygen atoms in total. The van der Waals surface area contributed by atoms with Gasteiger partial charge in [0.2, 0.25) is 5.91 Å². The lowest BCUT2D eigenvalue weighted by Gasteiger charge is -2.31. The average Bonchev–Trinajstić information content (AvgIpc) is 3.08. The van der Waals surface area contributed by atoms with Gasteiger partial charge >= 0.3 is 0 Å². The molecule has 154 valence electrons. The molecule has 1 atom stereocenters. The number of hydrogen-bond acceptors (Lipinski definition) is 6. The number of nitrogens with one attached hydrogen (secondary N) is 1. The highest BCUT2D eigenvalue weighted by atomic mass is 16.5. The average molecular weight is 389 g/mol. The lowest BCUT2D eigenvalue weighted by molar-refractivity contribution is -0.120. The second-order valence-corrected chi connectivity index (χ2v) is 7.95. The highest BCUT2D eigenvalue weighted by Gasteiger charge is 2.23. The fourth-order valence-corrected chi connectivity index (χ4v) is 3.26. The molecule has 28 heavy (non-hydrogen) atoms. The largest absolute Gasteiger partial charge is 0.493 e. The number of amides is 1. The predicted molar refractivity (Wildman–Crippen MR) is 109 cm³/mol. The Morgan fingerprint density at radius 1 is 1.29 bits per heavy atom. The SMILES string of the molecule is CC(=O)NC(C)COC1CCN(c2nc3ccc(OCC(C)C)cc3o2)CC1. The molecule has 0 saturated carbocycles. The van der Waals surface area contributed by atoms with E-state index in [1.807, 2.05) is 25.1 Å². The van der Waals surface area contributed by atoms with Gasteiger partial charge in [0, 0.05) is 32.1 Å². The second-order valence-electron chi connectivity index (χ2n) is 7.95. The van der Waals surface area contributed by atoms with Crippen molar-refractivity contribution < 1.29 is 18.7 Å². The molecule has 3 rings (SSSR count). The summed E-state index contributed by atoms with van der Waals surface area (Å²) in [4.78, 5) is 17.8. The van der Waals surface area contributed by atoms with Gasteiger partial charge in [-0.2, -0.15) is 4.98 Å². The van der Waals surface area contributed by atoms with E-state index in [1.165, 1.54) is 6.92 Å². The molecule has 1 aliphatic heterocycles. The summed E-state index contributed by atoms with van der Waals surface area (Å²) >= 11 is 0. The summed E-state index contributed by atoms with van der Waals surface area (Å²) in [5.41, 5.74) is 1.59. The third kappa shape index (κ3) is 5.61. The lowest BCUT2D eigenvalue weighted by atomic mass is 10.1. The van der Waals surface area contributed by atoms with Crippen molar-refractivity contribution in [3.63, 3.8) is 0 Å². The van der Waals surface area contributed by atoms with E-state index in [0.29, 0.717) is 25.1 Å². The Morgan fingerprint density at radius 3 is 2.71 bits per heavy atom. The zero-order chi connectivity index (χ0) is 20.1. The van der Waals surface area contributed by atoms with E-state index < -0.39 is 0 Å². The standard InChI is InChI=1S/C21H31N3O4/c1-14(2)12-26-18-5-6-19-20(11-18)28-21(23-19)24-9-7-17(8-10-24)27-13-15(3)22-16(4)25/h5-6,11,14-15,17H,7-10,12-13H2,1-4H3,(H,22,25). The van der Waals surface area contributed by atoms with Gasteiger partial charge in [-0.05, 0) is 37.8 Å². The molecule has 7 heteroatoms. The number of ether oxygens (including phenoxy) is 2. The molecule has 1 saturated heterocycles. The van der Waals surface area contributed by atoms with Crippen molar-refractivity contribution in [2.24, 2.45) is 5.92 Å². The van der Waals surface area contributed by atoms with Crippen molar-refractivity contribution in [2.75, 3.05) is 31.2 Å². The van der Waals surface area contributed by atoms with Crippen LogP contribution in [0.25, 0.3) is 11.1 Å². The van der Waals surface area contributed by atoms with Gasteiger partial charge in [-0.1, -0.05) is 13.8 Å². The van der Waals surface area contributed by atoms with E-state index in [9.17, 15) is 4.79 Å². The minimum absolute atomic E-state index is 0.0275. The van der Waals surface area contributed by atoms with E-state index in [4.69, 9.17) is 13.9 Å². The van der Waals surface area contributed by atoms with Crippen molar-refractivity contribution in [1.29, 1.82) is 0 Å². The number of carbonyl (C=O) groups is 1. The molecule has 1 aliphatic rings. The van der Waals surface area contributed by atoms with Gasteiger partial charge in [-0.15, -0.1) is 0 Å². The predicted octanol–water partition coefficient (Wildman–Crippen LogP) is 3.37. The van der Waals surface area contributed by atoms with Gasteiger partial charge in [0.1, 0.15) is 11.3 Å². The summed E-state index contributed by atoms with van der Waals surface area (Å²) < 4.78 is 17.7. The molecule has 2 heterocycles. The van der Waals surface area contributed by atoms with Gasteiger partial charge in [0.25, 0.3) is 6.01 Å². The summed E-state index contributed by atoms with van der Waals surface area (Å²) in [6.07, 6.45) is 2.02. The quantitative estimate of drug-likeness (QED) is 0.746. The van der Waals surface area contributed by atoms with Gasteiger partial charge in [0.05, 0.1) is 19.3 Å². The first-order valence-corrected chi connectivity index (χ1v) is 10.1. The molecule has 0 aliphatic carbocycles. The number of piperidine rings is 1. The number of nitrogens with zero attached hydrogens (tertiary/aromatic N) is 2. The molecule has 1 aromatic carbocycles. The highest BCUT2D eigenvalue weighted by Crippen LogP contribution is 2.28. The molecule has 0 radical (unpaired) electrons. The van der Waals surface area contributed by atoms with Crippen LogP contribution in [0.1, 0.15) is 40.5 Å². The van der Waals surface area contributed by atoms with Crippen molar-refractivity contribution in [1.82, 2.24) is 10.3 Å². The van der Waals surface area contributed by atoms with E-state index in [2.05, 4.69) is 29.0 Å². The van der Waals surface area contributed by atoms with Gasteiger partial charge in [-0.25, -0.2) is 0 Å². The van der Waals surface area contributed by atoms with Crippen molar-refractivity contribution in [3.05, 3.63) is 18.2 Å². The van der Waals surface area contributed by atoms with E-state index >= 15 is 0 Å². The Kier molecular flexibility index (Phi) is 6.78. The van der Waals surface area contributed by atoms with Crippen molar-refractivity contribution in [3.8, 4) is 5.75 Å². The van der Waals surface area contributed by atoms with Crippen LogP contribution in [0.15, 0.2) is 22.6 Å². The van der Waals surface area contributed by atoms with E-state index in [1.54, 1.807) is 0 Å². The van der Waals surface area contributed by atoms with E-state index in [0.717, 1.165) is 42.8 Å². The van der Waals surface area contributed by atoms with Crippen molar-refractivity contribution >= 4 is 23.0 Å². The lowest BCUT2D eigenvalue weighted by Crippen LogP contribution is -2.40. The third-order valence-electron chi connectivity index (χ3n) is 4.68. The number of rotatable bonds is 8. The molecule has 1 amide bonds. The maximum absolute atomic E-state index is 11.1. The van der Waals surface area contributed by atoms with Crippen LogP contribution in [0.2, 0.25) is 0 Å². The number of anilines is 1. The number of fused-ring (bicyclic) bond motifs is 1. The monoisotopic (exact) mass is 389 g/mol. The molecule has 1 fully saturated rings. The Hall–Kier alpha value is -2.28. The van der Waals surface area contributed by atoms with Crippen LogP contribution in [0, 0.1) is 5.92 Å². The van der Waals surface area contributed by atoms with Crippen LogP contribution in [-0.4, -0.2) is 49.3 Å². The van der Waals surface area contributed by atoms with Gasteiger partial charge in [-0.3, -0.25) is 4.79 Å². The normalized spacial score (nSPS) is 16.5. The molecule has 0 bridgehead atoms. The number of benzene rings is 1. The van der Waals surface area contributed by atoms with Crippen LogP contribution in [0.5, 0.6) is 5.75 Å². The molecule has 1 aromatic heterocycles. The first-order chi connectivity index (χ1) is 13.4. The maximum Gasteiger partial charge on any atom is 0.298 e. The zero-order valence-electron chi connectivity index (χ0n) is 17.2. The fraction of sp³-hybridized carbons (Fsp3) is 0.619. The summed E-state index contributed by atoms with van der Waals surface area (Å²) in [6, 6.07) is 6.47. The number of oxazole rings is 1. The molecule has 0 spiro atoms. The molecular formula is C21H31N3O4. The number of hydrogen-bond donors (Lipinski definition) is 1. The van der Waals surface area contributed by atoms with Crippen LogP contribution in [-0.2, 0) is 9.53 Å². The summed E-state index contributed by atoms with van der Waals surface area (Å²) in [6.45, 7) is 10.6. The molecular weight excluding hydrogens is 358 g/mol. The Bertz CT molecular complexity index is 781. The third-order valence-corrected chi connectivity index (χ3v) is 4.68. The van der Waals surface area contributed by atoms with Crippen LogP contribution in [0.3, 0.4) is 0 Å². The molecule has 2 aromatic rings. The van der Waals surface area contributed by atoms with Crippen LogP contribution in [0.4, 0.5) is 6.01 Å². The zero-order valence-corrected chi connectivity index (χ0v) is 17.2. The first-order valence-electron chi connectivity index (χ1n) is 10.1. The fourth-order valence-electron chi connectivity index (χ4n) is 3.26. The minimum Gasteiger partial charge on any atom is -0.493 e. The highest BCUT2D eigenvalue weighted by molar-refractivity contribution is 5.76. The smallest absolute Gasteiger partial charge is 0.298 e. The molecule has 1 unspecified atom stereocenters. The number of aromatic nitrogens is 1. The molecule has 1 N–H and O–H groups in total. The van der Waals surface area contributed by atoms with Gasteiger partial charge in [0.15, 0.2) is 5.58 Å². The minimum atomic E-state index is -0.0281. The van der Waals surface area contributed by atoms with Crippen LogP contribution >= 0.6 is 0 Å². The van der Waals surface area contributed by atoms with Gasteiger partial charge < -0.3 is 24.1 Å². The topological polar surface area (TPSA) is 76.8 Å².